The maximum Gasteiger partial charge on any atom is 0.125 e. The number of benzene rings is 2. The Morgan fingerprint density at radius 2 is 1.90 bits per heavy atom. The van der Waals surface area contributed by atoms with Gasteiger partial charge in [-0.05, 0) is 54.3 Å². The van der Waals surface area contributed by atoms with Crippen molar-refractivity contribution >= 4 is 11.6 Å². The zero-order valence-corrected chi connectivity index (χ0v) is 11.9. The second-order valence-electron chi connectivity index (χ2n) is 4.61. The van der Waals surface area contributed by atoms with Crippen LogP contribution in [-0.4, -0.2) is 12.2 Å². The van der Waals surface area contributed by atoms with Gasteiger partial charge in [0, 0.05) is 5.02 Å². The zero-order valence-electron chi connectivity index (χ0n) is 11.1. The van der Waals surface area contributed by atoms with Gasteiger partial charge in [-0.15, -0.1) is 0 Å². The fraction of sp³-hybridized carbons (Fsp3) is 0.250. The minimum atomic E-state index is -0.731. The number of halogens is 2. The SMILES string of the molecule is COc1ccc(CCC(O)c2cc(F)cc(Cl)c2)cc1. The van der Waals surface area contributed by atoms with Gasteiger partial charge in [0.05, 0.1) is 13.2 Å². The van der Waals surface area contributed by atoms with E-state index in [4.69, 9.17) is 16.3 Å². The molecule has 4 heteroatoms. The highest BCUT2D eigenvalue weighted by Gasteiger charge is 2.10. The summed E-state index contributed by atoms with van der Waals surface area (Å²) in [6, 6.07) is 11.8. The molecular formula is C16H16ClFO2. The van der Waals surface area contributed by atoms with Crippen LogP contribution in [0.15, 0.2) is 42.5 Å². The van der Waals surface area contributed by atoms with Crippen LogP contribution in [0.3, 0.4) is 0 Å². The topological polar surface area (TPSA) is 29.5 Å². The molecule has 0 radical (unpaired) electrons. The summed E-state index contributed by atoms with van der Waals surface area (Å²) in [4.78, 5) is 0. The van der Waals surface area contributed by atoms with Gasteiger partial charge in [0.15, 0.2) is 0 Å². The molecule has 1 N–H and O–H groups in total. The molecule has 2 aromatic carbocycles. The lowest BCUT2D eigenvalue weighted by molar-refractivity contribution is 0.167. The Kier molecular flexibility index (Phi) is 4.99. The molecule has 0 aliphatic rings. The Hall–Kier alpha value is -1.58. The van der Waals surface area contributed by atoms with E-state index in [1.807, 2.05) is 24.3 Å². The van der Waals surface area contributed by atoms with Gasteiger partial charge < -0.3 is 9.84 Å². The van der Waals surface area contributed by atoms with Gasteiger partial charge in [-0.1, -0.05) is 23.7 Å². The molecule has 1 atom stereocenters. The summed E-state index contributed by atoms with van der Waals surface area (Å²) in [7, 11) is 1.62. The second kappa shape index (κ2) is 6.73. The van der Waals surface area contributed by atoms with Crippen molar-refractivity contribution in [3.63, 3.8) is 0 Å². The van der Waals surface area contributed by atoms with E-state index in [9.17, 15) is 9.50 Å². The van der Waals surface area contributed by atoms with E-state index in [-0.39, 0.29) is 0 Å². The van der Waals surface area contributed by atoms with Crippen LogP contribution in [0.2, 0.25) is 5.02 Å². The van der Waals surface area contributed by atoms with Crippen LogP contribution in [0.1, 0.15) is 23.7 Å². The minimum Gasteiger partial charge on any atom is -0.497 e. The normalized spacial score (nSPS) is 12.2. The maximum atomic E-state index is 13.2. The summed E-state index contributed by atoms with van der Waals surface area (Å²) in [6.45, 7) is 0. The van der Waals surface area contributed by atoms with Crippen LogP contribution in [0, 0.1) is 5.82 Å². The van der Waals surface area contributed by atoms with Crippen LogP contribution in [0.25, 0.3) is 0 Å². The first-order valence-corrected chi connectivity index (χ1v) is 6.73. The molecule has 0 amide bonds. The number of aryl methyl sites for hydroxylation is 1. The van der Waals surface area contributed by atoms with Crippen LogP contribution in [0.4, 0.5) is 4.39 Å². The molecule has 2 rings (SSSR count). The van der Waals surface area contributed by atoms with Crippen molar-refractivity contribution in [1.82, 2.24) is 0 Å². The largest absolute Gasteiger partial charge is 0.497 e. The molecule has 0 saturated carbocycles. The van der Waals surface area contributed by atoms with E-state index in [1.165, 1.54) is 12.1 Å². The first-order valence-electron chi connectivity index (χ1n) is 6.35. The van der Waals surface area contributed by atoms with Crippen molar-refractivity contribution in [2.75, 3.05) is 7.11 Å². The lowest BCUT2D eigenvalue weighted by Gasteiger charge is -2.12. The molecule has 0 heterocycles. The second-order valence-corrected chi connectivity index (χ2v) is 5.04. The van der Waals surface area contributed by atoms with Gasteiger partial charge in [-0.3, -0.25) is 0 Å². The Labute approximate surface area is 122 Å². The van der Waals surface area contributed by atoms with Crippen molar-refractivity contribution in [2.45, 2.75) is 18.9 Å². The third-order valence-corrected chi connectivity index (χ3v) is 3.35. The molecule has 0 saturated heterocycles. The van der Waals surface area contributed by atoms with Crippen molar-refractivity contribution in [2.24, 2.45) is 0 Å². The number of hydrogen-bond donors (Lipinski definition) is 1. The van der Waals surface area contributed by atoms with E-state index in [0.29, 0.717) is 23.4 Å². The van der Waals surface area contributed by atoms with E-state index >= 15 is 0 Å². The van der Waals surface area contributed by atoms with Gasteiger partial charge >= 0.3 is 0 Å². The summed E-state index contributed by atoms with van der Waals surface area (Å²) in [5.41, 5.74) is 1.59. The van der Waals surface area contributed by atoms with Crippen LogP contribution in [-0.2, 0) is 6.42 Å². The number of hydrogen-bond acceptors (Lipinski definition) is 2. The molecule has 2 aromatic rings. The Balaban J connectivity index is 1.98. The summed E-state index contributed by atoms with van der Waals surface area (Å²) in [5, 5.41) is 10.4. The lowest BCUT2D eigenvalue weighted by Crippen LogP contribution is -2.00. The third-order valence-electron chi connectivity index (χ3n) is 3.14. The summed E-state index contributed by atoms with van der Waals surface area (Å²) >= 11 is 5.78. The van der Waals surface area contributed by atoms with Gasteiger partial charge in [-0.25, -0.2) is 4.39 Å². The van der Waals surface area contributed by atoms with Gasteiger partial charge in [0.1, 0.15) is 11.6 Å². The predicted molar refractivity (Wildman–Crippen MR) is 77.7 cm³/mol. The van der Waals surface area contributed by atoms with Crippen molar-refractivity contribution in [3.05, 3.63) is 64.4 Å². The summed E-state index contributed by atoms with van der Waals surface area (Å²) in [5.74, 6) is 0.363. The summed E-state index contributed by atoms with van der Waals surface area (Å²) in [6.07, 6.45) is 0.469. The average molecular weight is 295 g/mol. The summed E-state index contributed by atoms with van der Waals surface area (Å²) < 4.78 is 18.3. The van der Waals surface area contributed by atoms with Crippen LogP contribution >= 0.6 is 11.6 Å². The molecule has 2 nitrogen and oxygen atoms in total. The molecule has 0 aliphatic carbocycles. The number of ether oxygens (including phenoxy) is 1. The Morgan fingerprint density at radius 3 is 2.50 bits per heavy atom. The Morgan fingerprint density at radius 1 is 1.20 bits per heavy atom. The maximum absolute atomic E-state index is 13.2. The third kappa shape index (κ3) is 3.95. The monoisotopic (exact) mass is 294 g/mol. The number of methoxy groups -OCH3 is 1. The highest BCUT2D eigenvalue weighted by atomic mass is 35.5. The van der Waals surface area contributed by atoms with E-state index in [1.54, 1.807) is 13.2 Å². The molecule has 106 valence electrons. The first kappa shape index (κ1) is 14.8. The van der Waals surface area contributed by atoms with Crippen LogP contribution in [0.5, 0.6) is 5.75 Å². The smallest absolute Gasteiger partial charge is 0.125 e. The van der Waals surface area contributed by atoms with Gasteiger partial charge in [0.25, 0.3) is 0 Å². The molecule has 0 bridgehead atoms. The van der Waals surface area contributed by atoms with Crippen molar-refractivity contribution in [3.8, 4) is 5.75 Å². The van der Waals surface area contributed by atoms with E-state index in [0.717, 1.165) is 11.3 Å². The standard InChI is InChI=1S/C16H16ClFO2/c1-20-15-5-2-11(3-6-15)4-7-16(19)12-8-13(17)10-14(18)9-12/h2-3,5-6,8-10,16,19H,4,7H2,1H3. The molecule has 0 fully saturated rings. The molecule has 1 unspecified atom stereocenters. The fourth-order valence-electron chi connectivity index (χ4n) is 2.03. The highest BCUT2D eigenvalue weighted by molar-refractivity contribution is 6.30. The van der Waals surface area contributed by atoms with Gasteiger partial charge in [0.2, 0.25) is 0 Å². The number of rotatable bonds is 5. The van der Waals surface area contributed by atoms with Crippen molar-refractivity contribution < 1.29 is 14.2 Å². The molecule has 0 spiro atoms. The van der Waals surface area contributed by atoms with Crippen molar-refractivity contribution in [1.29, 1.82) is 0 Å². The fourth-order valence-corrected chi connectivity index (χ4v) is 2.26. The molecule has 20 heavy (non-hydrogen) atoms. The molecular weight excluding hydrogens is 279 g/mol. The van der Waals surface area contributed by atoms with Gasteiger partial charge in [-0.2, -0.15) is 0 Å². The Bertz CT molecular complexity index is 549. The zero-order chi connectivity index (χ0) is 14.5. The highest BCUT2D eigenvalue weighted by Crippen LogP contribution is 2.24. The lowest BCUT2D eigenvalue weighted by atomic mass is 10.0. The van der Waals surface area contributed by atoms with E-state index < -0.39 is 11.9 Å². The van der Waals surface area contributed by atoms with Crippen LogP contribution < -0.4 is 4.74 Å². The minimum absolute atomic E-state index is 0.295. The first-order chi connectivity index (χ1) is 9.58. The molecule has 0 aliphatic heterocycles. The number of aliphatic hydroxyl groups excluding tert-OH is 1. The predicted octanol–water partition coefficient (Wildman–Crippen LogP) is 4.15. The number of aliphatic hydroxyl groups is 1. The quantitative estimate of drug-likeness (QED) is 0.897. The molecule has 0 aromatic heterocycles. The average Bonchev–Trinajstić information content (AvgIpc) is 2.44. The van der Waals surface area contributed by atoms with E-state index in [2.05, 4.69) is 0 Å².